The van der Waals surface area contributed by atoms with Crippen molar-refractivity contribution in [2.75, 3.05) is 20.7 Å². The number of benzene rings is 1. The molecule has 0 fully saturated rings. The summed E-state index contributed by atoms with van der Waals surface area (Å²) in [5.41, 5.74) is 2.69. The van der Waals surface area contributed by atoms with Gasteiger partial charge in [-0.1, -0.05) is 31.1 Å². The van der Waals surface area contributed by atoms with Crippen molar-refractivity contribution in [1.82, 2.24) is 15.8 Å². The third-order valence-corrected chi connectivity index (χ3v) is 4.72. The van der Waals surface area contributed by atoms with Crippen LogP contribution in [0.4, 0.5) is 0 Å². The van der Waals surface area contributed by atoms with Crippen molar-refractivity contribution in [2.24, 2.45) is 4.99 Å². The van der Waals surface area contributed by atoms with Gasteiger partial charge in [-0.2, -0.15) is 0 Å². The molecule has 0 bridgehead atoms. The molecule has 7 heteroatoms. The summed E-state index contributed by atoms with van der Waals surface area (Å²) < 4.78 is 10.1. The van der Waals surface area contributed by atoms with Crippen LogP contribution in [0, 0.1) is 0 Å². The molecule has 0 amide bonds. The molecule has 2 N–H and O–H groups in total. The highest BCUT2D eigenvalue weighted by atomic mass is 16.5. The Bertz CT molecular complexity index is 764. The number of aliphatic imine (C=N–C) groups is 1. The maximum absolute atomic E-state index is 11.5. The van der Waals surface area contributed by atoms with Crippen molar-refractivity contribution in [3.63, 3.8) is 0 Å². The van der Waals surface area contributed by atoms with Crippen LogP contribution in [0.2, 0.25) is 0 Å². The number of hydrogen-bond acceptors (Lipinski definition) is 5. The molecule has 0 saturated carbocycles. The lowest BCUT2D eigenvalue weighted by molar-refractivity contribution is 0.0600. The lowest BCUT2D eigenvalue weighted by Crippen LogP contribution is -2.37. The van der Waals surface area contributed by atoms with Crippen molar-refractivity contribution < 1.29 is 14.1 Å². The van der Waals surface area contributed by atoms with Gasteiger partial charge in [0, 0.05) is 25.6 Å². The first-order chi connectivity index (χ1) is 13.6. The number of esters is 1. The summed E-state index contributed by atoms with van der Waals surface area (Å²) >= 11 is 0. The number of hydrogen-bond donors (Lipinski definition) is 2. The largest absolute Gasteiger partial charge is 0.465 e. The molecule has 0 unspecified atom stereocenters. The Hall–Kier alpha value is -2.83. The molecule has 0 spiro atoms. The average Bonchev–Trinajstić information content (AvgIpc) is 3.20. The summed E-state index contributed by atoms with van der Waals surface area (Å²) in [6, 6.07) is 9.42. The predicted octanol–water partition coefficient (Wildman–Crippen LogP) is 3.27. The van der Waals surface area contributed by atoms with E-state index in [1.165, 1.54) is 7.11 Å². The monoisotopic (exact) mass is 386 g/mol. The predicted molar refractivity (Wildman–Crippen MR) is 110 cm³/mol. The van der Waals surface area contributed by atoms with E-state index in [2.05, 4.69) is 34.6 Å². The van der Waals surface area contributed by atoms with Gasteiger partial charge in [0.1, 0.15) is 0 Å². The summed E-state index contributed by atoms with van der Waals surface area (Å²) in [6.45, 7) is 5.57. The minimum Gasteiger partial charge on any atom is -0.465 e. The van der Waals surface area contributed by atoms with Crippen LogP contribution < -0.4 is 10.6 Å². The van der Waals surface area contributed by atoms with E-state index in [0.29, 0.717) is 30.5 Å². The van der Waals surface area contributed by atoms with Gasteiger partial charge in [-0.3, -0.25) is 4.99 Å². The number of ether oxygens (including phenoxy) is 1. The van der Waals surface area contributed by atoms with E-state index in [1.54, 1.807) is 19.2 Å². The molecule has 2 rings (SSSR count). The van der Waals surface area contributed by atoms with E-state index in [4.69, 9.17) is 9.26 Å². The first-order valence-electron chi connectivity index (χ1n) is 9.68. The zero-order valence-electron chi connectivity index (χ0n) is 17.1. The molecule has 0 saturated heterocycles. The molecule has 0 aliphatic heterocycles. The van der Waals surface area contributed by atoms with Crippen LogP contribution in [0.1, 0.15) is 60.0 Å². The molecule has 7 nitrogen and oxygen atoms in total. The Kier molecular flexibility index (Phi) is 8.52. The van der Waals surface area contributed by atoms with Crippen LogP contribution in [0.3, 0.4) is 0 Å². The number of carbonyl (C=O) groups is 1. The SMILES string of the molecule is CCC(CC)c1cc(CNC(=NC)NCCc2ccc(C(=O)OC)cc2)on1. The highest BCUT2D eigenvalue weighted by Crippen LogP contribution is 2.22. The Morgan fingerprint density at radius 2 is 1.93 bits per heavy atom. The molecule has 0 aliphatic rings. The average molecular weight is 386 g/mol. The fraction of sp³-hybridized carbons (Fsp3) is 0.476. The van der Waals surface area contributed by atoms with Gasteiger partial charge in [-0.25, -0.2) is 4.79 Å². The Labute approximate surface area is 166 Å². The first-order valence-corrected chi connectivity index (χ1v) is 9.68. The summed E-state index contributed by atoms with van der Waals surface area (Å²) in [7, 11) is 3.11. The number of nitrogens with one attached hydrogen (secondary N) is 2. The van der Waals surface area contributed by atoms with Crippen molar-refractivity contribution in [3.8, 4) is 0 Å². The van der Waals surface area contributed by atoms with E-state index >= 15 is 0 Å². The number of rotatable bonds is 9. The molecule has 0 atom stereocenters. The summed E-state index contributed by atoms with van der Waals surface area (Å²) in [6.07, 6.45) is 2.92. The van der Waals surface area contributed by atoms with Crippen LogP contribution in [-0.2, 0) is 17.7 Å². The third-order valence-electron chi connectivity index (χ3n) is 4.72. The van der Waals surface area contributed by atoms with E-state index < -0.39 is 0 Å². The standard InChI is InChI=1S/C21H30N4O3/c1-5-16(6-2)19-13-18(28-25-19)14-24-21(22-3)23-12-11-15-7-9-17(10-8-15)20(26)27-4/h7-10,13,16H,5-6,11-12,14H2,1-4H3,(H2,22,23,24). The third kappa shape index (κ3) is 6.11. The molecule has 0 radical (unpaired) electrons. The van der Waals surface area contributed by atoms with E-state index in [0.717, 1.165) is 36.3 Å². The molecular formula is C21H30N4O3. The smallest absolute Gasteiger partial charge is 0.337 e. The van der Waals surface area contributed by atoms with Crippen LogP contribution in [-0.4, -0.2) is 37.8 Å². The Morgan fingerprint density at radius 3 is 2.54 bits per heavy atom. The van der Waals surface area contributed by atoms with Gasteiger partial charge in [-0.05, 0) is 37.0 Å². The number of carbonyl (C=O) groups excluding carboxylic acids is 1. The normalized spacial score (nSPS) is 11.5. The lowest BCUT2D eigenvalue weighted by atomic mass is 9.99. The second kappa shape index (κ2) is 11.1. The molecule has 0 aliphatic carbocycles. The molecule has 152 valence electrons. The molecule has 28 heavy (non-hydrogen) atoms. The van der Waals surface area contributed by atoms with Crippen LogP contribution in [0.25, 0.3) is 0 Å². The van der Waals surface area contributed by atoms with Gasteiger partial charge in [-0.15, -0.1) is 0 Å². The fourth-order valence-electron chi connectivity index (χ4n) is 2.95. The maximum atomic E-state index is 11.5. The number of aromatic nitrogens is 1. The maximum Gasteiger partial charge on any atom is 0.337 e. The highest BCUT2D eigenvalue weighted by molar-refractivity contribution is 5.89. The van der Waals surface area contributed by atoms with E-state index in [-0.39, 0.29) is 5.97 Å². The quantitative estimate of drug-likeness (QED) is 0.391. The van der Waals surface area contributed by atoms with Crippen LogP contribution in [0.15, 0.2) is 39.8 Å². The molecule has 2 aromatic rings. The molecular weight excluding hydrogens is 356 g/mol. The molecule has 1 aromatic heterocycles. The Morgan fingerprint density at radius 1 is 1.21 bits per heavy atom. The van der Waals surface area contributed by atoms with Gasteiger partial charge >= 0.3 is 5.97 Å². The second-order valence-corrected chi connectivity index (χ2v) is 6.52. The summed E-state index contributed by atoms with van der Waals surface area (Å²) in [5.74, 6) is 1.62. The van der Waals surface area contributed by atoms with Crippen molar-refractivity contribution in [2.45, 2.75) is 45.6 Å². The first kappa shape index (κ1) is 21.5. The molecule has 1 heterocycles. The number of nitrogens with zero attached hydrogens (tertiary/aromatic N) is 2. The topological polar surface area (TPSA) is 88.8 Å². The number of methoxy groups -OCH3 is 1. The van der Waals surface area contributed by atoms with Gasteiger partial charge in [0.05, 0.1) is 24.9 Å². The fourth-order valence-corrected chi connectivity index (χ4v) is 2.95. The summed E-state index contributed by atoms with van der Waals surface area (Å²) in [5, 5.41) is 10.7. The summed E-state index contributed by atoms with van der Waals surface area (Å²) in [4.78, 5) is 15.7. The second-order valence-electron chi connectivity index (χ2n) is 6.52. The zero-order chi connectivity index (χ0) is 20.4. The minimum atomic E-state index is -0.325. The zero-order valence-corrected chi connectivity index (χ0v) is 17.1. The van der Waals surface area contributed by atoms with Crippen molar-refractivity contribution >= 4 is 11.9 Å². The minimum absolute atomic E-state index is 0.325. The van der Waals surface area contributed by atoms with Gasteiger partial charge in [0.15, 0.2) is 11.7 Å². The molecule has 1 aromatic carbocycles. The number of guanidine groups is 1. The lowest BCUT2D eigenvalue weighted by Gasteiger charge is -2.11. The van der Waals surface area contributed by atoms with E-state index in [9.17, 15) is 4.79 Å². The van der Waals surface area contributed by atoms with Crippen molar-refractivity contribution in [3.05, 3.63) is 52.9 Å². The van der Waals surface area contributed by atoms with E-state index in [1.807, 2.05) is 18.2 Å². The van der Waals surface area contributed by atoms with Crippen molar-refractivity contribution in [1.29, 1.82) is 0 Å². The van der Waals surface area contributed by atoms with Crippen LogP contribution >= 0.6 is 0 Å². The highest BCUT2D eigenvalue weighted by Gasteiger charge is 2.13. The Balaban J connectivity index is 1.78. The van der Waals surface area contributed by atoms with Gasteiger partial charge < -0.3 is 19.9 Å². The van der Waals surface area contributed by atoms with Gasteiger partial charge in [0.2, 0.25) is 0 Å². The van der Waals surface area contributed by atoms with Gasteiger partial charge in [0.25, 0.3) is 0 Å². The van der Waals surface area contributed by atoms with Crippen LogP contribution in [0.5, 0.6) is 0 Å².